The minimum Gasteiger partial charge on any atom is -0.356 e. The smallest absolute Gasteiger partial charge is 0.254 e. The lowest BCUT2D eigenvalue weighted by atomic mass is 9.91. The molecule has 0 radical (unpaired) electrons. The number of nitrogens with zero attached hydrogens (tertiary/aromatic N) is 2. The molecule has 0 saturated carbocycles. The highest BCUT2D eigenvalue weighted by Crippen LogP contribution is 2.40. The number of aromatic nitrogens is 3. The van der Waals surface area contributed by atoms with Crippen molar-refractivity contribution in [2.24, 2.45) is 0 Å². The van der Waals surface area contributed by atoms with E-state index in [4.69, 9.17) is 0 Å². The molecule has 1 aliphatic heterocycles. The molecular weight excluding hydrogens is 415 g/mol. The summed E-state index contributed by atoms with van der Waals surface area (Å²) < 4.78 is 15.0. The maximum absolute atomic E-state index is 15.0. The van der Waals surface area contributed by atoms with Gasteiger partial charge in [-0.2, -0.15) is 0 Å². The van der Waals surface area contributed by atoms with E-state index in [9.17, 15) is 4.79 Å². The third-order valence-electron chi connectivity index (χ3n) is 6.38. The molecule has 3 aromatic carbocycles. The number of nitrogens with one attached hydrogen (secondary N) is 2. The van der Waals surface area contributed by atoms with E-state index in [1.165, 1.54) is 6.07 Å². The predicted octanol–water partition coefficient (Wildman–Crippen LogP) is 5.49. The molecule has 2 aromatic heterocycles. The van der Waals surface area contributed by atoms with Crippen LogP contribution >= 0.6 is 0 Å². The Labute approximate surface area is 189 Å². The van der Waals surface area contributed by atoms with Crippen molar-refractivity contribution in [2.75, 3.05) is 6.54 Å². The zero-order valence-corrected chi connectivity index (χ0v) is 17.8. The largest absolute Gasteiger partial charge is 0.356 e. The van der Waals surface area contributed by atoms with Gasteiger partial charge >= 0.3 is 0 Å². The van der Waals surface area contributed by atoms with Crippen LogP contribution in [0.25, 0.3) is 22.3 Å². The van der Waals surface area contributed by atoms with Gasteiger partial charge in [0.1, 0.15) is 17.7 Å². The van der Waals surface area contributed by atoms with Gasteiger partial charge in [-0.05, 0) is 36.2 Å². The van der Waals surface area contributed by atoms with Gasteiger partial charge in [0, 0.05) is 52.2 Å². The summed E-state index contributed by atoms with van der Waals surface area (Å²) in [5.74, 6) is 0.240. The van der Waals surface area contributed by atoms with E-state index < -0.39 is 6.04 Å². The second-order valence-electron chi connectivity index (χ2n) is 8.25. The highest BCUT2D eigenvalue weighted by atomic mass is 19.1. The first-order valence-corrected chi connectivity index (χ1v) is 11.0. The number of benzene rings is 3. The molecule has 1 aliphatic rings. The summed E-state index contributed by atoms with van der Waals surface area (Å²) in [5, 5.41) is 1.13. The Hall–Kier alpha value is -4.19. The molecule has 0 fully saturated rings. The summed E-state index contributed by atoms with van der Waals surface area (Å²) >= 11 is 0. The van der Waals surface area contributed by atoms with Crippen molar-refractivity contribution < 1.29 is 9.18 Å². The summed E-state index contributed by atoms with van der Waals surface area (Å²) in [5.41, 5.74) is 4.88. The molecule has 162 valence electrons. The minimum absolute atomic E-state index is 0.138. The maximum Gasteiger partial charge on any atom is 0.254 e. The Balaban J connectivity index is 1.48. The number of para-hydroxylation sites is 1. The number of hydrogen-bond acceptors (Lipinski definition) is 2. The molecule has 2 N–H and O–H groups in total. The zero-order chi connectivity index (χ0) is 22.4. The van der Waals surface area contributed by atoms with Crippen LogP contribution in [0.3, 0.4) is 0 Å². The second kappa shape index (κ2) is 7.74. The van der Waals surface area contributed by atoms with E-state index in [1.807, 2.05) is 42.5 Å². The molecule has 5 nitrogen and oxygen atoms in total. The number of imidazole rings is 1. The Morgan fingerprint density at radius 2 is 1.88 bits per heavy atom. The monoisotopic (exact) mass is 436 g/mol. The Morgan fingerprint density at radius 1 is 1.03 bits per heavy atom. The van der Waals surface area contributed by atoms with E-state index in [0.29, 0.717) is 29.9 Å². The molecule has 0 saturated heterocycles. The number of carbonyl (C=O) groups is 1. The standard InChI is InChI=1S/C27H21FN4O/c28-22-10-3-1-9-21(22)25-24-20(19-8-2-4-11-23(19)31-24)12-15-32(25)27(33)18-7-5-6-17(16-18)26-29-13-14-30-26/h1-11,13-14,16,25,31H,12,15H2,(H,29,30)/t25-/m1/s1. The van der Waals surface area contributed by atoms with Gasteiger partial charge in [-0.15, -0.1) is 0 Å². The number of rotatable bonds is 3. The number of carbonyl (C=O) groups excluding carboxylic acids is 1. The molecule has 6 heteroatoms. The first-order valence-electron chi connectivity index (χ1n) is 11.0. The van der Waals surface area contributed by atoms with Crippen LogP contribution < -0.4 is 0 Å². The normalized spacial score (nSPS) is 15.5. The highest BCUT2D eigenvalue weighted by Gasteiger charge is 2.36. The lowest BCUT2D eigenvalue weighted by molar-refractivity contribution is 0.0689. The third kappa shape index (κ3) is 3.22. The highest BCUT2D eigenvalue weighted by molar-refractivity contribution is 5.96. The van der Waals surface area contributed by atoms with Gasteiger partial charge in [0.2, 0.25) is 0 Å². The Kier molecular flexibility index (Phi) is 4.57. The Morgan fingerprint density at radius 3 is 2.73 bits per heavy atom. The summed E-state index contributed by atoms with van der Waals surface area (Å²) in [4.78, 5) is 26.4. The molecule has 1 amide bonds. The summed E-state index contributed by atoms with van der Waals surface area (Å²) in [6.45, 7) is 0.498. The Bertz CT molecular complexity index is 1470. The van der Waals surface area contributed by atoms with Crippen molar-refractivity contribution in [3.05, 3.63) is 113 Å². The van der Waals surface area contributed by atoms with E-state index in [2.05, 4.69) is 21.0 Å². The molecule has 0 unspecified atom stereocenters. The molecule has 0 aliphatic carbocycles. The van der Waals surface area contributed by atoms with Crippen molar-refractivity contribution in [1.82, 2.24) is 19.9 Å². The zero-order valence-electron chi connectivity index (χ0n) is 17.8. The average Bonchev–Trinajstić information content (AvgIpc) is 3.52. The topological polar surface area (TPSA) is 64.8 Å². The van der Waals surface area contributed by atoms with E-state index in [-0.39, 0.29) is 11.7 Å². The molecule has 5 aromatic rings. The summed E-state index contributed by atoms with van der Waals surface area (Å²) in [6, 6.07) is 21.6. The van der Waals surface area contributed by atoms with E-state index >= 15 is 4.39 Å². The van der Waals surface area contributed by atoms with Crippen molar-refractivity contribution in [3.63, 3.8) is 0 Å². The lowest BCUT2D eigenvalue weighted by Gasteiger charge is -2.36. The van der Waals surface area contributed by atoms with Gasteiger partial charge in [-0.3, -0.25) is 4.79 Å². The van der Waals surface area contributed by atoms with Gasteiger partial charge in [0.25, 0.3) is 5.91 Å². The van der Waals surface area contributed by atoms with E-state index in [1.54, 1.807) is 35.5 Å². The number of aromatic amines is 2. The molecule has 6 rings (SSSR count). The van der Waals surface area contributed by atoms with Gasteiger partial charge in [0.15, 0.2) is 0 Å². The molecule has 3 heterocycles. The van der Waals surface area contributed by atoms with Crippen molar-refractivity contribution in [1.29, 1.82) is 0 Å². The second-order valence-corrected chi connectivity index (χ2v) is 8.25. The first kappa shape index (κ1) is 19.5. The molecular formula is C27H21FN4O. The van der Waals surface area contributed by atoms with Gasteiger partial charge in [-0.25, -0.2) is 9.37 Å². The predicted molar refractivity (Wildman–Crippen MR) is 125 cm³/mol. The van der Waals surface area contributed by atoms with Crippen LogP contribution in [0.15, 0.2) is 85.2 Å². The maximum atomic E-state index is 15.0. The van der Waals surface area contributed by atoms with Gasteiger partial charge in [-0.1, -0.05) is 48.5 Å². The SMILES string of the molecule is O=C(c1cccc(-c2ncc[nH]2)c1)N1CCc2c([nH]c3ccccc23)[C@H]1c1ccccc1F. The van der Waals surface area contributed by atoms with E-state index in [0.717, 1.165) is 27.7 Å². The molecule has 0 bridgehead atoms. The summed E-state index contributed by atoms with van der Waals surface area (Å²) in [6.07, 6.45) is 4.13. The van der Waals surface area contributed by atoms with Crippen LogP contribution in [-0.4, -0.2) is 32.3 Å². The van der Waals surface area contributed by atoms with Crippen LogP contribution in [-0.2, 0) is 6.42 Å². The van der Waals surface area contributed by atoms with Gasteiger partial charge in [0.05, 0.1) is 0 Å². The number of halogens is 1. The van der Waals surface area contributed by atoms with Crippen LogP contribution in [0, 0.1) is 5.82 Å². The fourth-order valence-electron chi connectivity index (χ4n) is 4.87. The summed E-state index contributed by atoms with van der Waals surface area (Å²) in [7, 11) is 0. The average molecular weight is 436 g/mol. The number of hydrogen-bond donors (Lipinski definition) is 2. The third-order valence-corrected chi connectivity index (χ3v) is 6.38. The number of amides is 1. The quantitative estimate of drug-likeness (QED) is 0.393. The first-order chi connectivity index (χ1) is 16.2. The fraction of sp³-hybridized carbons (Fsp3) is 0.111. The van der Waals surface area contributed by atoms with Crippen molar-refractivity contribution >= 4 is 16.8 Å². The fourth-order valence-corrected chi connectivity index (χ4v) is 4.87. The van der Waals surface area contributed by atoms with Crippen molar-refractivity contribution in [3.8, 4) is 11.4 Å². The van der Waals surface area contributed by atoms with Gasteiger partial charge < -0.3 is 14.9 Å². The van der Waals surface area contributed by atoms with Crippen LogP contribution in [0.1, 0.15) is 33.2 Å². The van der Waals surface area contributed by atoms with Crippen LogP contribution in [0.4, 0.5) is 4.39 Å². The minimum atomic E-state index is -0.540. The molecule has 1 atom stereocenters. The van der Waals surface area contributed by atoms with Crippen LogP contribution in [0.2, 0.25) is 0 Å². The van der Waals surface area contributed by atoms with Crippen molar-refractivity contribution in [2.45, 2.75) is 12.5 Å². The molecule has 33 heavy (non-hydrogen) atoms. The number of H-pyrrole nitrogens is 2. The van der Waals surface area contributed by atoms with Crippen LogP contribution in [0.5, 0.6) is 0 Å². The molecule has 0 spiro atoms. The number of fused-ring (bicyclic) bond motifs is 3. The lowest BCUT2D eigenvalue weighted by Crippen LogP contribution is -2.41.